The zero-order chi connectivity index (χ0) is 15.8. The van der Waals surface area contributed by atoms with Gasteiger partial charge in [0.2, 0.25) is 11.8 Å². The van der Waals surface area contributed by atoms with Crippen molar-refractivity contribution in [2.24, 2.45) is 5.10 Å². The second kappa shape index (κ2) is 8.14. The average molecular weight is 364 g/mol. The van der Waals surface area contributed by atoms with Crippen LogP contribution in [0.5, 0.6) is 0 Å². The first-order valence-electron chi connectivity index (χ1n) is 6.54. The molecule has 1 heterocycles. The van der Waals surface area contributed by atoms with Crippen molar-refractivity contribution in [2.75, 3.05) is 5.32 Å². The van der Waals surface area contributed by atoms with E-state index < -0.39 is 0 Å². The number of hydrazone groups is 1. The lowest BCUT2D eigenvalue weighted by Gasteiger charge is -2.05. The molecule has 0 atom stereocenters. The number of benzene rings is 1. The van der Waals surface area contributed by atoms with Gasteiger partial charge < -0.3 is 9.73 Å². The van der Waals surface area contributed by atoms with Crippen LogP contribution in [0.3, 0.4) is 0 Å². The number of rotatable bonds is 6. The van der Waals surface area contributed by atoms with Crippen LogP contribution in [0, 0.1) is 0 Å². The highest BCUT2D eigenvalue weighted by Crippen LogP contribution is 2.15. The number of halogens is 1. The van der Waals surface area contributed by atoms with Crippen LogP contribution < -0.4 is 10.7 Å². The smallest absolute Gasteiger partial charge is 0.240 e. The molecule has 0 unspecified atom stereocenters. The van der Waals surface area contributed by atoms with Crippen molar-refractivity contribution in [1.82, 2.24) is 5.43 Å². The Kier molecular flexibility index (Phi) is 5.91. The summed E-state index contributed by atoms with van der Waals surface area (Å²) in [6.07, 6.45) is 3.03. The van der Waals surface area contributed by atoms with Crippen LogP contribution in [0.25, 0.3) is 0 Å². The Hall–Kier alpha value is -2.41. The molecule has 1 aromatic carbocycles. The lowest BCUT2D eigenvalue weighted by molar-refractivity contribution is -0.124. The third kappa shape index (κ3) is 5.53. The van der Waals surface area contributed by atoms with Crippen molar-refractivity contribution in [2.45, 2.75) is 12.8 Å². The number of nitrogens with one attached hydrogen (secondary N) is 2. The van der Waals surface area contributed by atoms with Crippen LogP contribution >= 0.6 is 15.9 Å². The number of carbonyl (C=O) groups is 2. The SMILES string of the molecule is O=C(CCC(=O)Nc1cccc(Br)c1)N/N=C\c1ccco1. The van der Waals surface area contributed by atoms with Gasteiger partial charge in [0.1, 0.15) is 5.76 Å². The van der Waals surface area contributed by atoms with Crippen LogP contribution in [0.2, 0.25) is 0 Å². The summed E-state index contributed by atoms with van der Waals surface area (Å²) >= 11 is 3.32. The molecule has 2 N–H and O–H groups in total. The average Bonchev–Trinajstić information content (AvgIpc) is 2.98. The van der Waals surface area contributed by atoms with Crippen molar-refractivity contribution >= 4 is 39.6 Å². The summed E-state index contributed by atoms with van der Waals surface area (Å²) in [6.45, 7) is 0. The summed E-state index contributed by atoms with van der Waals surface area (Å²) < 4.78 is 5.89. The maximum atomic E-state index is 11.7. The summed E-state index contributed by atoms with van der Waals surface area (Å²) in [7, 11) is 0. The molecule has 7 heteroatoms. The lowest BCUT2D eigenvalue weighted by Crippen LogP contribution is -2.20. The summed E-state index contributed by atoms with van der Waals surface area (Å²) in [4.78, 5) is 23.3. The zero-order valence-corrected chi connectivity index (χ0v) is 13.2. The number of furan rings is 1. The zero-order valence-electron chi connectivity index (χ0n) is 11.6. The summed E-state index contributed by atoms with van der Waals surface area (Å²) in [5, 5.41) is 6.45. The normalized spacial score (nSPS) is 10.6. The Labute approximate surface area is 135 Å². The topological polar surface area (TPSA) is 83.7 Å². The highest BCUT2D eigenvalue weighted by molar-refractivity contribution is 9.10. The van der Waals surface area contributed by atoms with Gasteiger partial charge in [-0.2, -0.15) is 5.10 Å². The first kappa shape index (κ1) is 16.0. The van der Waals surface area contributed by atoms with E-state index in [-0.39, 0.29) is 24.7 Å². The van der Waals surface area contributed by atoms with E-state index in [1.165, 1.54) is 12.5 Å². The Morgan fingerprint density at radius 1 is 1.18 bits per heavy atom. The fraction of sp³-hybridized carbons (Fsp3) is 0.133. The van der Waals surface area contributed by atoms with Gasteiger partial charge in [0.25, 0.3) is 0 Å². The second-order valence-corrected chi connectivity index (χ2v) is 5.28. The molecule has 22 heavy (non-hydrogen) atoms. The monoisotopic (exact) mass is 363 g/mol. The predicted octanol–water partition coefficient (Wildman–Crippen LogP) is 2.91. The molecular formula is C15H14BrN3O3. The Balaban J connectivity index is 1.70. The standard InChI is InChI=1S/C15H14BrN3O3/c16-11-3-1-4-12(9-11)18-14(20)6-7-15(21)19-17-10-13-5-2-8-22-13/h1-5,8-10H,6-7H2,(H,18,20)(H,19,21)/b17-10-. The molecule has 1 aromatic heterocycles. The van der Waals surface area contributed by atoms with Crippen molar-refractivity contribution < 1.29 is 14.0 Å². The molecule has 0 aliphatic carbocycles. The van der Waals surface area contributed by atoms with Gasteiger partial charge in [0.15, 0.2) is 0 Å². The molecule has 0 radical (unpaired) electrons. The molecule has 114 valence electrons. The largest absolute Gasteiger partial charge is 0.463 e. The van der Waals surface area contributed by atoms with Gasteiger partial charge in [-0.3, -0.25) is 9.59 Å². The third-order valence-corrected chi connectivity index (χ3v) is 3.10. The van der Waals surface area contributed by atoms with Crippen LogP contribution in [0.4, 0.5) is 5.69 Å². The van der Waals surface area contributed by atoms with E-state index in [1.54, 1.807) is 24.3 Å². The van der Waals surface area contributed by atoms with E-state index in [9.17, 15) is 9.59 Å². The number of amides is 2. The molecule has 0 aliphatic heterocycles. The Morgan fingerprint density at radius 3 is 2.73 bits per heavy atom. The van der Waals surface area contributed by atoms with E-state index in [4.69, 9.17) is 4.42 Å². The fourth-order valence-corrected chi connectivity index (χ4v) is 2.00. The van der Waals surface area contributed by atoms with E-state index >= 15 is 0 Å². The molecule has 2 amide bonds. The molecule has 0 saturated carbocycles. The number of anilines is 1. The first-order valence-corrected chi connectivity index (χ1v) is 7.33. The number of hydrogen-bond acceptors (Lipinski definition) is 4. The summed E-state index contributed by atoms with van der Waals surface area (Å²) in [6, 6.07) is 10.7. The van der Waals surface area contributed by atoms with Gasteiger partial charge in [-0.15, -0.1) is 0 Å². The number of carbonyl (C=O) groups excluding carboxylic acids is 2. The quantitative estimate of drug-likeness (QED) is 0.611. The first-order chi connectivity index (χ1) is 10.6. The van der Waals surface area contributed by atoms with Gasteiger partial charge in [-0.05, 0) is 30.3 Å². The van der Waals surface area contributed by atoms with Gasteiger partial charge in [-0.1, -0.05) is 22.0 Å². The maximum Gasteiger partial charge on any atom is 0.240 e. The third-order valence-electron chi connectivity index (χ3n) is 2.61. The highest BCUT2D eigenvalue weighted by atomic mass is 79.9. The van der Waals surface area contributed by atoms with Gasteiger partial charge in [-0.25, -0.2) is 5.43 Å². The molecule has 6 nitrogen and oxygen atoms in total. The van der Waals surface area contributed by atoms with Crippen LogP contribution in [0.15, 0.2) is 56.7 Å². The molecule has 0 fully saturated rings. The predicted molar refractivity (Wildman–Crippen MR) is 86.5 cm³/mol. The molecule has 0 spiro atoms. The van der Waals surface area contributed by atoms with E-state index in [0.717, 1.165) is 4.47 Å². The number of hydrogen-bond donors (Lipinski definition) is 2. The molecule has 0 saturated heterocycles. The number of nitrogens with zero attached hydrogens (tertiary/aromatic N) is 1. The molecule has 0 aliphatic rings. The minimum absolute atomic E-state index is 0.0509. The minimum atomic E-state index is -0.341. The van der Waals surface area contributed by atoms with Crippen molar-refractivity contribution in [3.63, 3.8) is 0 Å². The van der Waals surface area contributed by atoms with E-state index in [1.807, 2.05) is 12.1 Å². The molecular weight excluding hydrogens is 350 g/mol. The van der Waals surface area contributed by atoms with Gasteiger partial charge in [0, 0.05) is 23.0 Å². The highest BCUT2D eigenvalue weighted by Gasteiger charge is 2.07. The van der Waals surface area contributed by atoms with Gasteiger partial charge >= 0.3 is 0 Å². The lowest BCUT2D eigenvalue weighted by atomic mass is 10.2. The van der Waals surface area contributed by atoms with Crippen LogP contribution in [0.1, 0.15) is 18.6 Å². The maximum absolute atomic E-state index is 11.7. The molecule has 0 bridgehead atoms. The van der Waals surface area contributed by atoms with Crippen molar-refractivity contribution in [3.8, 4) is 0 Å². The molecule has 2 aromatic rings. The van der Waals surface area contributed by atoms with Crippen LogP contribution in [-0.4, -0.2) is 18.0 Å². The van der Waals surface area contributed by atoms with Crippen LogP contribution in [-0.2, 0) is 9.59 Å². The van der Waals surface area contributed by atoms with Gasteiger partial charge in [0.05, 0.1) is 12.5 Å². The summed E-state index contributed by atoms with van der Waals surface area (Å²) in [5.41, 5.74) is 3.01. The molecule has 2 rings (SSSR count). The van der Waals surface area contributed by atoms with E-state index in [0.29, 0.717) is 11.4 Å². The Bertz CT molecular complexity index is 668. The second-order valence-electron chi connectivity index (χ2n) is 4.37. The minimum Gasteiger partial charge on any atom is -0.463 e. The van der Waals surface area contributed by atoms with Crippen molar-refractivity contribution in [3.05, 3.63) is 52.9 Å². The van der Waals surface area contributed by atoms with E-state index in [2.05, 4.69) is 31.8 Å². The van der Waals surface area contributed by atoms with Crippen molar-refractivity contribution in [1.29, 1.82) is 0 Å². The Morgan fingerprint density at radius 2 is 2.00 bits per heavy atom. The fourth-order valence-electron chi connectivity index (χ4n) is 1.61. The summed E-state index contributed by atoms with van der Waals surface area (Å²) in [5.74, 6) is -0.0387.